The normalized spacial score (nSPS) is 13.7. The predicted octanol–water partition coefficient (Wildman–Crippen LogP) is 4.18. The molecule has 2 aromatic carbocycles. The van der Waals surface area contributed by atoms with Crippen LogP contribution in [0.5, 0.6) is 5.75 Å². The molecule has 4 nitrogen and oxygen atoms in total. The minimum atomic E-state index is -3.61. The maximum Gasteiger partial charge on any atom is 0.264 e. The van der Waals surface area contributed by atoms with Gasteiger partial charge in [0.15, 0.2) is 0 Å². The van der Waals surface area contributed by atoms with E-state index in [0.29, 0.717) is 12.3 Å². The molecule has 1 aliphatic heterocycles. The van der Waals surface area contributed by atoms with Gasteiger partial charge in [0, 0.05) is 17.0 Å². The third-order valence-electron chi connectivity index (χ3n) is 4.39. The summed E-state index contributed by atoms with van der Waals surface area (Å²) in [5.41, 5.74) is 2.85. The second kappa shape index (κ2) is 6.20. The average molecular weight is 371 g/mol. The minimum absolute atomic E-state index is 0.280. The molecule has 3 aromatic rings. The van der Waals surface area contributed by atoms with Gasteiger partial charge in [0.25, 0.3) is 10.0 Å². The summed E-state index contributed by atoms with van der Waals surface area (Å²) < 4.78 is 33.1. The largest absolute Gasteiger partial charge is 0.497 e. The lowest BCUT2D eigenvalue weighted by Crippen LogP contribution is -2.29. The van der Waals surface area contributed by atoms with Crippen molar-refractivity contribution in [3.05, 3.63) is 65.5 Å². The van der Waals surface area contributed by atoms with Crippen LogP contribution in [-0.4, -0.2) is 22.1 Å². The zero-order valence-corrected chi connectivity index (χ0v) is 15.3. The first-order chi connectivity index (χ1) is 12.1. The zero-order chi connectivity index (χ0) is 17.4. The fourth-order valence-corrected chi connectivity index (χ4v) is 5.44. The minimum Gasteiger partial charge on any atom is -0.497 e. The molecule has 4 rings (SSSR count). The van der Waals surface area contributed by atoms with Gasteiger partial charge in [0.2, 0.25) is 0 Å². The molecule has 1 aliphatic rings. The molecule has 0 spiro atoms. The van der Waals surface area contributed by atoms with Crippen LogP contribution in [0.3, 0.4) is 0 Å². The number of sulfonamides is 1. The van der Waals surface area contributed by atoms with Crippen molar-refractivity contribution in [3.63, 3.8) is 0 Å². The van der Waals surface area contributed by atoms with Crippen LogP contribution in [-0.2, 0) is 16.4 Å². The number of ether oxygens (including phenoxy) is 1. The molecule has 0 unspecified atom stereocenters. The van der Waals surface area contributed by atoms with Crippen molar-refractivity contribution < 1.29 is 13.2 Å². The lowest BCUT2D eigenvalue weighted by molar-refractivity contribution is 0.414. The number of para-hydroxylation sites is 1. The first kappa shape index (κ1) is 16.2. The van der Waals surface area contributed by atoms with Gasteiger partial charge in [-0.2, -0.15) is 0 Å². The molecular formula is C19H17NO3S2. The predicted molar refractivity (Wildman–Crippen MR) is 101 cm³/mol. The maximum atomic E-state index is 13.2. The molecule has 25 heavy (non-hydrogen) atoms. The van der Waals surface area contributed by atoms with E-state index in [9.17, 15) is 8.42 Å². The topological polar surface area (TPSA) is 46.6 Å². The lowest BCUT2D eigenvalue weighted by Gasteiger charge is -2.22. The summed E-state index contributed by atoms with van der Waals surface area (Å²) in [7, 11) is -2.05. The van der Waals surface area contributed by atoms with Crippen LogP contribution < -0.4 is 9.04 Å². The summed E-state index contributed by atoms with van der Waals surface area (Å²) in [6.07, 6.45) is 0.726. The highest BCUT2D eigenvalue weighted by Gasteiger charge is 2.33. The third kappa shape index (κ3) is 2.71. The number of benzene rings is 2. The molecule has 0 aliphatic carbocycles. The Hall–Kier alpha value is -2.31. The Morgan fingerprint density at radius 1 is 1.04 bits per heavy atom. The van der Waals surface area contributed by atoms with Gasteiger partial charge in [-0.1, -0.05) is 24.3 Å². The van der Waals surface area contributed by atoms with Crippen molar-refractivity contribution in [2.24, 2.45) is 0 Å². The van der Waals surface area contributed by atoms with Crippen LogP contribution in [0.15, 0.2) is 64.9 Å². The lowest BCUT2D eigenvalue weighted by atomic mass is 10.1. The van der Waals surface area contributed by atoms with Gasteiger partial charge in [-0.05, 0) is 47.7 Å². The van der Waals surface area contributed by atoms with Crippen molar-refractivity contribution in [2.75, 3.05) is 18.0 Å². The van der Waals surface area contributed by atoms with Crippen LogP contribution in [0.1, 0.15) is 5.56 Å². The summed E-state index contributed by atoms with van der Waals surface area (Å²) in [5, 5.41) is 2.01. The smallest absolute Gasteiger partial charge is 0.264 e. The summed E-state index contributed by atoms with van der Waals surface area (Å²) >= 11 is 1.62. The van der Waals surface area contributed by atoms with Crippen molar-refractivity contribution in [1.82, 2.24) is 0 Å². The average Bonchev–Trinajstić information content (AvgIpc) is 3.31. The molecule has 128 valence electrons. The number of hydrogen-bond acceptors (Lipinski definition) is 4. The van der Waals surface area contributed by atoms with E-state index >= 15 is 0 Å². The molecule has 6 heteroatoms. The highest BCUT2D eigenvalue weighted by Crippen LogP contribution is 2.42. The van der Waals surface area contributed by atoms with Crippen molar-refractivity contribution in [1.29, 1.82) is 0 Å². The Morgan fingerprint density at radius 2 is 1.84 bits per heavy atom. The summed E-state index contributed by atoms with van der Waals surface area (Å²) in [6.45, 7) is 0.464. The number of methoxy groups -OCH3 is 1. The number of anilines is 1. The molecule has 2 heterocycles. The maximum absolute atomic E-state index is 13.2. The number of rotatable bonds is 4. The molecule has 0 bridgehead atoms. The highest BCUT2D eigenvalue weighted by atomic mass is 32.2. The van der Waals surface area contributed by atoms with Gasteiger partial charge in [0.05, 0.1) is 17.7 Å². The quantitative estimate of drug-likeness (QED) is 0.691. The Kier molecular flexibility index (Phi) is 4.01. The number of nitrogens with zero attached hydrogens (tertiary/aromatic N) is 1. The Labute approximate surface area is 151 Å². The van der Waals surface area contributed by atoms with E-state index in [1.807, 2.05) is 35.7 Å². The molecule has 1 aromatic heterocycles. The molecule has 0 saturated heterocycles. The number of thiophene rings is 1. The first-order valence-corrected chi connectivity index (χ1v) is 10.3. The van der Waals surface area contributed by atoms with Gasteiger partial charge in [0.1, 0.15) is 5.75 Å². The Morgan fingerprint density at radius 3 is 2.52 bits per heavy atom. The van der Waals surface area contributed by atoms with Crippen molar-refractivity contribution in [3.8, 4) is 16.2 Å². The molecule has 0 saturated carbocycles. The summed E-state index contributed by atoms with van der Waals surface area (Å²) in [4.78, 5) is 1.36. The van der Waals surface area contributed by atoms with E-state index < -0.39 is 10.0 Å². The molecule has 0 fully saturated rings. The number of fused-ring (bicyclic) bond motifs is 1. The van der Waals surface area contributed by atoms with Gasteiger partial charge in [-0.15, -0.1) is 11.3 Å². The summed E-state index contributed by atoms with van der Waals surface area (Å²) in [6, 6.07) is 16.6. The van der Waals surface area contributed by atoms with Gasteiger partial charge >= 0.3 is 0 Å². The van der Waals surface area contributed by atoms with Crippen LogP contribution in [0.4, 0.5) is 5.69 Å². The first-order valence-electron chi connectivity index (χ1n) is 7.94. The fraction of sp³-hybridized carbons (Fsp3) is 0.158. The SMILES string of the molecule is COc1ccc(S(=O)(=O)N2CCc3cccc(-c4cccs4)c32)cc1. The van der Waals surface area contributed by atoms with Crippen LogP contribution in [0, 0.1) is 0 Å². The third-order valence-corrected chi connectivity index (χ3v) is 7.10. The second-order valence-corrected chi connectivity index (χ2v) is 8.60. The van der Waals surface area contributed by atoms with Crippen LogP contribution >= 0.6 is 11.3 Å². The van der Waals surface area contributed by atoms with E-state index in [1.54, 1.807) is 47.0 Å². The molecule has 0 atom stereocenters. The molecule has 0 radical (unpaired) electrons. The van der Waals surface area contributed by atoms with Crippen LogP contribution in [0.2, 0.25) is 0 Å². The second-order valence-electron chi connectivity index (χ2n) is 5.79. The fourth-order valence-electron chi connectivity index (χ4n) is 3.17. The molecular weight excluding hydrogens is 354 g/mol. The van der Waals surface area contributed by atoms with Gasteiger partial charge < -0.3 is 4.74 Å². The van der Waals surface area contributed by atoms with E-state index in [1.165, 1.54) is 0 Å². The van der Waals surface area contributed by atoms with Crippen molar-refractivity contribution in [2.45, 2.75) is 11.3 Å². The summed E-state index contributed by atoms with van der Waals surface area (Å²) in [5.74, 6) is 0.639. The van der Waals surface area contributed by atoms with E-state index in [4.69, 9.17) is 4.74 Å². The standard InChI is InChI=1S/C19H17NO3S2/c1-23-15-7-9-16(10-8-15)25(21,22)20-12-11-14-4-2-5-17(19(14)20)18-6-3-13-24-18/h2-10,13H,11-12H2,1H3. The van der Waals surface area contributed by atoms with Gasteiger partial charge in [-0.25, -0.2) is 8.42 Å². The van der Waals surface area contributed by atoms with Gasteiger partial charge in [-0.3, -0.25) is 4.31 Å². The van der Waals surface area contributed by atoms with E-state index in [2.05, 4.69) is 0 Å². The van der Waals surface area contributed by atoms with Crippen molar-refractivity contribution >= 4 is 27.0 Å². The Bertz CT molecular complexity index is 994. The monoisotopic (exact) mass is 371 g/mol. The zero-order valence-electron chi connectivity index (χ0n) is 13.7. The van der Waals surface area contributed by atoms with E-state index in [0.717, 1.165) is 28.1 Å². The van der Waals surface area contributed by atoms with E-state index in [-0.39, 0.29) is 4.90 Å². The molecule has 0 N–H and O–H groups in total. The molecule has 0 amide bonds. The number of hydrogen-bond donors (Lipinski definition) is 0. The van der Waals surface area contributed by atoms with Crippen LogP contribution in [0.25, 0.3) is 10.4 Å². The Balaban J connectivity index is 1.82. The highest BCUT2D eigenvalue weighted by molar-refractivity contribution is 7.92.